The van der Waals surface area contributed by atoms with Gasteiger partial charge in [0, 0.05) is 78.0 Å². The first kappa shape index (κ1) is 36.7. The first-order valence-electron chi connectivity index (χ1n) is 13.9. The van der Waals surface area contributed by atoms with Gasteiger partial charge in [-0.2, -0.15) is 0 Å². The monoisotopic (exact) mass is 560 g/mol. The third kappa shape index (κ3) is 17.1. The van der Waals surface area contributed by atoms with Crippen LogP contribution >= 0.6 is 0 Å². The number of piperazine rings is 1. The molecular weight excluding hydrogens is 508 g/mol. The van der Waals surface area contributed by atoms with Crippen molar-refractivity contribution in [3.05, 3.63) is 0 Å². The Bertz CT molecular complexity index is 669. The van der Waals surface area contributed by atoms with Crippen LogP contribution in [0.1, 0.15) is 46.5 Å². The van der Waals surface area contributed by atoms with E-state index < -0.39 is 0 Å². The van der Waals surface area contributed by atoms with Gasteiger partial charge in [-0.3, -0.25) is 29.0 Å². The summed E-state index contributed by atoms with van der Waals surface area (Å²) in [5.74, 6) is -1.07. The molecule has 0 saturated carbocycles. The lowest BCUT2D eigenvalue weighted by Crippen LogP contribution is -2.54. The van der Waals surface area contributed by atoms with Crippen molar-refractivity contribution in [2.75, 3.05) is 100 Å². The lowest BCUT2D eigenvalue weighted by molar-refractivity contribution is -0.143. The van der Waals surface area contributed by atoms with Crippen LogP contribution < -0.4 is 0 Å². The minimum Gasteiger partial charge on any atom is -0.469 e. The number of nitrogens with zero attached hydrogens (tertiary/aromatic N) is 4. The van der Waals surface area contributed by atoms with Gasteiger partial charge in [-0.25, -0.2) is 0 Å². The highest BCUT2D eigenvalue weighted by molar-refractivity contribution is 5.70. The predicted molar refractivity (Wildman–Crippen MR) is 148 cm³/mol. The maximum Gasteiger partial charge on any atom is 0.306 e. The van der Waals surface area contributed by atoms with E-state index in [1.165, 1.54) is 28.4 Å². The molecule has 1 rings (SSSR count). The van der Waals surface area contributed by atoms with Crippen molar-refractivity contribution in [1.29, 1.82) is 0 Å². The van der Waals surface area contributed by atoms with Gasteiger partial charge in [0.05, 0.1) is 54.1 Å². The topological polar surface area (TPSA) is 118 Å². The van der Waals surface area contributed by atoms with E-state index in [9.17, 15) is 19.2 Å². The van der Waals surface area contributed by atoms with Crippen molar-refractivity contribution >= 4 is 23.9 Å². The van der Waals surface area contributed by atoms with E-state index in [1.54, 1.807) is 0 Å². The molecule has 12 nitrogen and oxygen atoms in total. The molecule has 0 unspecified atom stereocenters. The molecule has 0 radical (unpaired) electrons. The molecule has 1 heterocycles. The number of carbonyl (C=O) groups is 4. The molecule has 12 heteroatoms. The highest BCUT2D eigenvalue weighted by Crippen LogP contribution is 2.11. The second kappa shape index (κ2) is 22.5. The molecule has 1 aliphatic rings. The van der Waals surface area contributed by atoms with Gasteiger partial charge in [-0.05, 0) is 6.92 Å². The molecule has 0 bridgehead atoms. The van der Waals surface area contributed by atoms with E-state index in [1.807, 2.05) is 13.8 Å². The molecule has 1 fully saturated rings. The molecular formula is C27H52N4O8. The summed E-state index contributed by atoms with van der Waals surface area (Å²) >= 11 is 0. The second-order valence-corrected chi connectivity index (χ2v) is 9.17. The van der Waals surface area contributed by atoms with Crippen molar-refractivity contribution in [2.24, 2.45) is 0 Å². The Balaban J connectivity index is 0.00000704. The van der Waals surface area contributed by atoms with Gasteiger partial charge in [0.25, 0.3) is 0 Å². The Labute approximate surface area is 234 Å². The number of esters is 4. The van der Waals surface area contributed by atoms with Crippen LogP contribution in [-0.2, 0) is 38.1 Å². The Kier molecular flexibility index (Phi) is 21.2. The van der Waals surface area contributed by atoms with Crippen LogP contribution in [0.4, 0.5) is 0 Å². The molecule has 1 saturated heterocycles. The normalized spacial score (nSPS) is 15.9. The Morgan fingerprint density at radius 2 is 0.974 bits per heavy atom. The van der Waals surface area contributed by atoms with E-state index in [-0.39, 0.29) is 49.6 Å². The Morgan fingerprint density at radius 3 is 1.31 bits per heavy atom. The van der Waals surface area contributed by atoms with E-state index in [0.29, 0.717) is 32.2 Å². The van der Waals surface area contributed by atoms with Gasteiger partial charge in [-0.1, -0.05) is 13.8 Å². The largest absolute Gasteiger partial charge is 0.469 e. The van der Waals surface area contributed by atoms with Crippen molar-refractivity contribution in [2.45, 2.75) is 52.5 Å². The summed E-state index contributed by atoms with van der Waals surface area (Å²) in [6.07, 6.45) is 1.13. The minimum absolute atomic E-state index is 0.266. The van der Waals surface area contributed by atoms with E-state index in [0.717, 1.165) is 45.8 Å². The number of carbonyl (C=O) groups excluding carboxylic acids is 4. The molecule has 0 spiro atoms. The zero-order chi connectivity index (χ0) is 29.6. The fourth-order valence-electron chi connectivity index (χ4n) is 4.24. The molecule has 0 aromatic rings. The number of ether oxygens (including phenoxy) is 4. The maximum absolute atomic E-state index is 11.6. The van der Waals surface area contributed by atoms with Crippen molar-refractivity contribution in [3.8, 4) is 0 Å². The van der Waals surface area contributed by atoms with Crippen LogP contribution in [0.15, 0.2) is 0 Å². The van der Waals surface area contributed by atoms with Crippen LogP contribution in [0.25, 0.3) is 0 Å². The van der Waals surface area contributed by atoms with Crippen LogP contribution in [0, 0.1) is 0 Å². The van der Waals surface area contributed by atoms with Crippen LogP contribution in [0.3, 0.4) is 0 Å². The summed E-state index contributed by atoms with van der Waals surface area (Å²) in [6, 6.07) is 0.343. The Morgan fingerprint density at radius 1 is 0.615 bits per heavy atom. The third-order valence-electron chi connectivity index (χ3n) is 6.72. The van der Waals surface area contributed by atoms with E-state index >= 15 is 0 Å². The average molecular weight is 561 g/mol. The first-order chi connectivity index (χ1) is 18.7. The predicted octanol–water partition coefficient (Wildman–Crippen LogP) is 0.875. The number of hydrogen-bond donors (Lipinski definition) is 0. The quantitative estimate of drug-likeness (QED) is 0.175. The van der Waals surface area contributed by atoms with Crippen LogP contribution in [-0.4, -0.2) is 150 Å². The molecule has 0 aromatic heterocycles. The molecule has 1 aliphatic heterocycles. The van der Waals surface area contributed by atoms with Gasteiger partial charge in [0.1, 0.15) is 0 Å². The van der Waals surface area contributed by atoms with Crippen molar-refractivity contribution in [3.63, 3.8) is 0 Å². The standard InChI is InChI=1S/C25H46N4O8.C2H6/c1-21-20-28(15-14-26(10-6-22(30)34-2)11-7-23(31)35-3)17-19-29(21)18-16-27(12-8-24(32)36-4)13-9-25(33)37-5;1-2/h21H,6-20H2,1-5H3;1-2H3/t21-;/m1./s1. The van der Waals surface area contributed by atoms with Crippen LogP contribution in [0.5, 0.6) is 0 Å². The highest BCUT2D eigenvalue weighted by atomic mass is 16.5. The van der Waals surface area contributed by atoms with Gasteiger partial charge < -0.3 is 28.7 Å². The van der Waals surface area contributed by atoms with Gasteiger partial charge in [0.2, 0.25) is 0 Å². The lowest BCUT2D eigenvalue weighted by Gasteiger charge is -2.41. The summed E-state index contributed by atoms with van der Waals surface area (Å²) in [5, 5.41) is 0. The van der Waals surface area contributed by atoms with Gasteiger partial charge >= 0.3 is 23.9 Å². The van der Waals surface area contributed by atoms with E-state index in [4.69, 9.17) is 18.9 Å². The van der Waals surface area contributed by atoms with Crippen molar-refractivity contribution in [1.82, 2.24) is 19.6 Å². The molecule has 0 aliphatic carbocycles. The summed E-state index contributed by atoms with van der Waals surface area (Å²) in [7, 11) is 5.50. The van der Waals surface area contributed by atoms with Gasteiger partial charge in [-0.15, -0.1) is 0 Å². The zero-order valence-corrected chi connectivity index (χ0v) is 25.2. The summed E-state index contributed by atoms with van der Waals surface area (Å²) in [5.41, 5.74) is 0. The average Bonchev–Trinajstić information content (AvgIpc) is 2.96. The van der Waals surface area contributed by atoms with Gasteiger partial charge in [0.15, 0.2) is 0 Å². The lowest BCUT2D eigenvalue weighted by atomic mass is 10.2. The molecule has 0 amide bonds. The number of hydrogen-bond acceptors (Lipinski definition) is 12. The molecule has 0 aromatic carbocycles. The maximum atomic E-state index is 11.6. The summed E-state index contributed by atoms with van der Waals surface area (Å²) in [4.78, 5) is 55.4. The summed E-state index contributed by atoms with van der Waals surface area (Å²) in [6.45, 7) is 14.2. The minimum atomic E-state index is -0.266. The molecule has 228 valence electrons. The summed E-state index contributed by atoms with van der Waals surface area (Å²) < 4.78 is 19.0. The highest BCUT2D eigenvalue weighted by Gasteiger charge is 2.24. The fourth-order valence-corrected chi connectivity index (χ4v) is 4.24. The molecule has 0 N–H and O–H groups in total. The van der Waals surface area contributed by atoms with E-state index in [2.05, 4.69) is 26.5 Å². The number of rotatable bonds is 18. The first-order valence-corrected chi connectivity index (χ1v) is 13.9. The second-order valence-electron chi connectivity index (χ2n) is 9.17. The smallest absolute Gasteiger partial charge is 0.306 e. The third-order valence-corrected chi connectivity index (χ3v) is 6.72. The fraction of sp³-hybridized carbons (Fsp3) is 0.852. The molecule has 39 heavy (non-hydrogen) atoms. The van der Waals surface area contributed by atoms with Crippen LogP contribution in [0.2, 0.25) is 0 Å². The van der Waals surface area contributed by atoms with Crippen molar-refractivity contribution < 1.29 is 38.1 Å². The Hall–Kier alpha value is -2.28. The molecule has 1 atom stereocenters. The SMILES string of the molecule is CC.COC(=O)CCN(CCC(=O)OC)CCN1CCN(CCN(CCC(=O)OC)CCC(=O)OC)[C@H](C)C1. The zero-order valence-electron chi connectivity index (χ0n) is 25.2. The number of methoxy groups -OCH3 is 4.